The van der Waals surface area contributed by atoms with Crippen molar-refractivity contribution in [1.82, 2.24) is 0 Å². The molecule has 0 rings (SSSR count). The lowest BCUT2D eigenvalue weighted by Crippen LogP contribution is -1.93. The SMILES string of the molecule is C=CC(=C)CC/C(CC/C(C)=C/CC=C(C)C)=C(/C)CCC=C(C)C. The molecule has 25 heavy (non-hydrogen) atoms. The number of rotatable bonds is 12. The summed E-state index contributed by atoms with van der Waals surface area (Å²) in [6, 6.07) is 0. The average molecular weight is 341 g/mol. The summed E-state index contributed by atoms with van der Waals surface area (Å²) in [5.74, 6) is 0. The summed E-state index contributed by atoms with van der Waals surface area (Å²) < 4.78 is 0. The molecule has 0 amide bonds. The Bertz CT molecular complexity index is 539. The van der Waals surface area contributed by atoms with Gasteiger partial charge in [0.15, 0.2) is 0 Å². The van der Waals surface area contributed by atoms with E-state index in [4.69, 9.17) is 0 Å². The Morgan fingerprint density at radius 1 is 0.720 bits per heavy atom. The van der Waals surface area contributed by atoms with Crippen LogP contribution in [0.25, 0.3) is 0 Å². The van der Waals surface area contributed by atoms with Gasteiger partial charge in [-0.1, -0.05) is 70.9 Å². The molecular weight excluding hydrogens is 300 g/mol. The zero-order chi connectivity index (χ0) is 19.2. The molecule has 0 atom stereocenters. The molecule has 0 heterocycles. The highest BCUT2D eigenvalue weighted by Crippen LogP contribution is 2.25. The molecule has 140 valence electrons. The molecule has 0 aliphatic rings. The maximum absolute atomic E-state index is 4.07. The van der Waals surface area contributed by atoms with Crippen LogP contribution in [0.5, 0.6) is 0 Å². The van der Waals surface area contributed by atoms with Crippen LogP contribution in [0.4, 0.5) is 0 Å². The van der Waals surface area contributed by atoms with Crippen LogP contribution in [0.2, 0.25) is 0 Å². The molecule has 0 unspecified atom stereocenters. The number of allylic oxidation sites excluding steroid dienone is 10. The minimum Gasteiger partial charge on any atom is -0.0988 e. The summed E-state index contributed by atoms with van der Waals surface area (Å²) in [6.07, 6.45) is 16.7. The molecule has 0 fully saturated rings. The van der Waals surface area contributed by atoms with Gasteiger partial charge in [0.1, 0.15) is 0 Å². The first-order chi connectivity index (χ1) is 11.8. The van der Waals surface area contributed by atoms with Crippen molar-refractivity contribution in [2.24, 2.45) is 0 Å². The second kappa shape index (κ2) is 13.7. The van der Waals surface area contributed by atoms with E-state index in [-0.39, 0.29) is 0 Å². The third-order valence-corrected chi connectivity index (χ3v) is 4.53. The summed E-state index contributed by atoms with van der Waals surface area (Å²) in [6.45, 7) is 21.2. The summed E-state index contributed by atoms with van der Waals surface area (Å²) in [4.78, 5) is 0. The van der Waals surface area contributed by atoms with Crippen molar-refractivity contribution in [3.05, 3.63) is 70.9 Å². The molecule has 0 bridgehead atoms. The zero-order valence-corrected chi connectivity index (χ0v) is 17.7. The van der Waals surface area contributed by atoms with Crippen molar-refractivity contribution >= 4 is 0 Å². The summed E-state index contributed by atoms with van der Waals surface area (Å²) in [5, 5.41) is 0. The minimum atomic E-state index is 1.03. The van der Waals surface area contributed by atoms with Gasteiger partial charge in [-0.3, -0.25) is 0 Å². The monoisotopic (exact) mass is 340 g/mol. The van der Waals surface area contributed by atoms with Gasteiger partial charge in [-0.2, -0.15) is 0 Å². The molecule has 0 aromatic heterocycles. The first kappa shape index (κ1) is 23.4. The first-order valence-corrected chi connectivity index (χ1v) is 9.66. The quantitative estimate of drug-likeness (QED) is 0.246. The Morgan fingerprint density at radius 3 is 1.88 bits per heavy atom. The minimum absolute atomic E-state index is 1.03. The highest BCUT2D eigenvalue weighted by Gasteiger charge is 2.05. The van der Waals surface area contributed by atoms with E-state index in [1.807, 2.05) is 6.08 Å². The predicted octanol–water partition coefficient (Wildman–Crippen LogP) is 8.65. The van der Waals surface area contributed by atoms with E-state index in [0.717, 1.165) is 37.7 Å². The maximum Gasteiger partial charge on any atom is -0.0164 e. The molecule has 0 aromatic rings. The molecule has 0 aliphatic carbocycles. The number of hydrogen-bond donors (Lipinski definition) is 0. The van der Waals surface area contributed by atoms with E-state index in [2.05, 4.69) is 72.9 Å². The largest absolute Gasteiger partial charge is 0.0988 e. The Balaban J connectivity index is 4.87. The lowest BCUT2D eigenvalue weighted by molar-refractivity contribution is 0.792. The summed E-state index contributed by atoms with van der Waals surface area (Å²) in [7, 11) is 0. The fourth-order valence-electron chi connectivity index (χ4n) is 2.67. The van der Waals surface area contributed by atoms with E-state index < -0.39 is 0 Å². The molecule has 0 nitrogen and oxygen atoms in total. The molecule has 0 aromatic carbocycles. The Labute approximate surface area is 157 Å². The van der Waals surface area contributed by atoms with Crippen LogP contribution in [0.1, 0.15) is 86.5 Å². The van der Waals surface area contributed by atoms with E-state index in [9.17, 15) is 0 Å². The maximum atomic E-state index is 4.07. The second-order valence-electron chi connectivity index (χ2n) is 7.63. The fourth-order valence-corrected chi connectivity index (χ4v) is 2.67. The van der Waals surface area contributed by atoms with Crippen LogP contribution in [0.15, 0.2) is 70.9 Å². The third-order valence-electron chi connectivity index (χ3n) is 4.53. The van der Waals surface area contributed by atoms with Gasteiger partial charge in [0.2, 0.25) is 0 Å². The van der Waals surface area contributed by atoms with E-state index in [1.165, 1.54) is 29.6 Å². The van der Waals surface area contributed by atoms with Crippen LogP contribution in [0, 0.1) is 0 Å². The third kappa shape index (κ3) is 13.4. The molecule has 0 saturated heterocycles. The van der Waals surface area contributed by atoms with Crippen LogP contribution >= 0.6 is 0 Å². The van der Waals surface area contributed by atoms with Gasteiger partial charge in [0.05, 0.1) is 0 Å². The topological polar surface area (TPSA) is 0 Å². The van der Waals surface area contributed by atoms with Crippen molar-refractivity contribution in [2.45, 2.75) is 86.5 Å². The summed E-state index contributed by atoms with van der Waals surface area (Å²) >= 11 is 0. The predicted molar refractivity (Wildman–Crippen MR) is 117 cm³/mol. The van der Waals surface area contributed by atoms with Crippen LogP contribution < -0.4 is 0 Å². The fraction of sp³-hybridized carbons (Fsp3) is 0.520. The first-order valence-electron chi connectivity index (χ1n) is 9.66. The van der Waals surface area contributed by atoms with Crippen molar-refractivity contribution in [1.29, 1.82) is 0 Å². The molecule has 0 saturated carbocycles. The van der Waals surface area contributed by atoms with Gasteiger partial charge in [-0.25, -0.2) is 0 Å². The van der Waals surface area contributed by atoms with Gasteiger partial charge in [0.25, 0.3) is 0 Å². The van der Waals surface area contributed by atoms with Gasteiger partial charge < -0.3 is 0 Å². The van der Waals surface area contributed by atoms with Crippen LogP contribution in [-0.2, 0) is 0 Å². The van der Waals surface area contributed by atoms with Gasteiger partial charge >= 0.3 is 0 Å². The molecular formula is C25H40. The van der Waals surface area contributed by atoms with E-state index >= 15 is 0 Å². The van der Waals surface area contributed by atoms with Crippen LogP contribution in [-0.4, -0.2) is 0 Å². The van der Waals surface area contributed by atoms with Crippen molar-refractivity contribution in [2.75, 3.05) is 0 Å². The second-order valence-corrected chi connectivity index (χ2v) is 7.63. The smallest absolute Gasteiger partial charge is 0.0164 e. The highest BCUT2D eigenvalue weighted by atomic mass is 14.1. The molecule has 0 aliphatic heterocycles. The van der Waals surface area contributed by atoms with Gasteiger partial charge in [-0.05, 0) is 86.5 Å². The van der Waals surface area contributed by atoms with E-state index in [1.54, 1.807) is 11.1 Å². The Morgan fingerprint density at radius 2 is 1.32 bits per heavy atom. The lowest BCUT2D eigenvalue weighted by Gasteiger charge is -2.13. The van der Waals surface area contributed by atoms with Gasteiger partial charge in [-0.15, -0.1) is 0 Å². The lowest BCUT2D eigenvalue weighted by atomic mass is 9.93. The van der Waals surface area contributed by atoms with Crippen molar-refractivity contribution in [3.8, 4) is 0 Å². The van der Waals surface area contributed by atoms with Crippen molar-refractivity contribution < 1.29 is 0 Å². The standard InChI is InChI=1S/C25H40/c1-9-22(6)16-18-25(24(8)15-11-13-21(4)5)19-17-23(7)14-10-12-20(2)3/h9,12-14H,1,6,10-11,15-19H2,2-5,7-8H3/b23-14+,25-24+. The Kier molecular flexibility index (Phi) is 12.8. The molecule has 0 radical (unpaired) electrons. The van der Waals surface area contributed by atoms with Crippen LogP contribution in [0.3, 0.4) is 0 Å². The molecule has 0 N–H and O–H groups in total. The normalized spacial score (nSPS) is 12.3. The number of hydrogen-bond acceptors (Lipinski definition) is 0. The average Bonchev–Trinajstić information content (AvgIpc) is 2.53. The highest BCUT2D eigenvalue weighted by molar-refractivity contribution is 5.19. The van der Waals surface area contributed by atoms with Gasteiger partial charge in [0, 0.05) is 0 Å². The Hall–Kier alpha value is -1.56. The molecule has 0 heteroatoms. The summed E-state index contributed by atoms with van der Waals surface area (Å²) in [5.41, 5.74) is 8.61. The zero-order valence-electron chi connectivity index (χ0n) is 17.7. The van der Waals surface area contributed by atoms with E-state index in [0.29, 0.717) is 0 Å². The van der Waals surface area contributed by atoms with Crippen molar-refractivity contribution in [3.63, 3.8) is 0 Å². The molecule has 0 spiro atoms.